The van der Waals surface area contributed by atoms with Gasteiger partial charge in [0, 0.05) is 6.54 Å². The minimum atomic E-state index is -0.183. The molecule has 1 fully saturated rings. The number of terminal acetylenes is 1. The second kappa shape index (κ2) is 5.14. The number of aromatic hydroxyl groups is 1. The molecule has 1 N–H and O–H groups in total. The van der Waals surface area contributed by atoms with Crippen LogP contribution in [0.1, 0.15) is 28.8 Å². The van der Waals surface area contributed by atoms with Gasteiger partial charge in [0.1, 0.15) is 5.75 Å². The molecule has 94 valence electrons. The molecule has 1 aromatic carbocycles. The maximum Gasteiger partial charge on any atom is 0.258 e. The minimum Gasteiger partial charge on any atom is -0.507 e. The van der Waals surface area contributed by atoms with Gasteiger partial charge in [-0.15, -0.1) is 6.42 Å². The Morgan fingerprint density at radius 1 is 1.56 bits per heavy atom. The van der Waals surface area contributed by atoms with Crippen molar-refractivity contribution in [2.75, 3.05) is 13.1 Å². The Kier molecular flexibility index (Phi) is 3.57. The summed E-state index contributed by atoms with van der Waals surface area (Å²) < 4.78 is 0. The first-order valence-corrected chi connectivity index (χ1v) is 6.14. The molecule has 3 heteroatoms. The minimum absolute atomic E-state index is 0.0258. The standard InChI is InChI=1S/C15H17NO2/c1-3-8-16(10-12-5-6-12)15(18)13-7-4-11(2)9-14(13)17/h1,4,7,9,12,17H,5-6,8,10H2,2H3. The molecule has 0 atom stereocenters. The molecule has 1 aromatic rings. The molecule has 1 amide bonds. The van der Waals surface area contributed by atoms with Gasteiger partial charge < -0.3 is 10.0 Å². The highest BCUT2D eigenvalue weighted by Gasteiger charge is 2.27. The fourth-order valence-electron chi connectivity index (χ4n) is 1.93. The normalized spacial score (nSPS) is 14.0. The van der Waals surface area contributed by atoms with E-state index >= 15 is 0 Å². The van der Waals surface area contributed by atoms with Crippen molar-refractivity contribution >= 4 is 5.91 Å². The average molecular weight is 243 g/mol. The molecule has 1 aliphatic rings. The van der Waals surface area contributed by atoms with Gasteiger partial charge >= 0.3 is 0 Å². The average Bonchev–Trinajstić information content (AvgIpc) is 3.11. The lowest BCUT2D eigenvalue weighted by Gasteiger charge is -2.20. The van der Waals surface area contributed by atoms with Crippen LogP contribution in [0.5, 0.6) is 5.75 Å². The van der Waals surface area contributed by atoms with Gasteiger partial charge in [-0.2, -0.15) is 0 Å². The molecule has 0 heterocycles. The zero-order valence-corrected chi connectivity index (χ0v) is 10.5. The molecule has 1 aliphatic carbocycles. The van der Waals surface area contributed by atoms with Gasteiger partial charge in [0.15, 0.2) is 0 Å². The Labute approximate surface area is 107 Å². The van der Waals surface area contributed by atoms with Crippen LogP contribution in [0.25, 0.3) is 0 Å². The largest absolute Gasteiger partial charge is 0.507 e. The fraction of sp³-hybridized carbons (Fsp3) is 0.400. The van der Waals surface area contributed by atoms with Crippen LogP contribution in [0.15, 0.2) is 18.2 Å². The second-order valence-electron chi connectivity index (χ2n) is 4.85. The van der Waals surface area contributed by atoms with Crippen molar-refractivity contribution in [3.8, 4) is 18.1 Å². The Hall–Kier alpha value is -1.95. The lowest BCUT2D eigenvalue weighted by Crippen LogP contribution is -2.33. The lowest BCUT2D eigenvalue weighted by atomic mass is 10.1. The number of rotatable bonds is 4. The predicted molar refractivity (Wildman–Crippen MR) is 70.3 cm³/mol. The molecular weight excluding hydrogens is 226 g/mol. The third-order valence-electron chi connectivity index (χ3n) is 3.13. The molecule has 2 rings (SSSR count). The van der Waals surface area contributed by atoms with Crippen LogP contribution in [-0.4, -0.2) is 29.0 Å². The van der Waals surface area contributed by atoms with E-state index in [1.54, 1.807) is 17.0 Å². The summed E-state index contributed by atoms with van der Waals surface area (Å²) in [5, 5.41) is 9.83. The van der Waals surface area contributed by atoms with E-state index in [-0.39, 0.29) is 11.7 Å². The summed E-state index contributed by atoms with van der Waals surface area (Å²) in [6, 6.07) is 5.07. The van der Waals surface area contributed by atoms with E-state index in [0.29, 0.717) is 24.6 Å². The number of benzene rings is 1. The molecule has 0 radical (unpaired) electrons. The van der Waals surface area contributed by atoms with Crippen molar-refractivity contribution in [3.05, 3.63) is 29.3 Å². The van der Waals surface area contributed by atoms with E-state index < -0.39 is 0 Å². The van der Waals surface area contributed by atoms with Crippen molar-refractivity contribution in [1.29, 1.82) is 0 Å². The SMILES string of the molecule is C#CCN(CC1CC1)C(=O)c1ccc(C)cc1O. The smallest absolute Gasteiger partial charge is 0.258 e. The molecular formula is C15H17NO2. The third kappa shape index (κ3) is 2.84. The molecule has 1 saturated carbocycles. The highest BCUT2D eigenvalue weighted by Crippen LogP contribution is 2.30. The highest BCUT2D eigenvalue weighted by atomic mass is 16.3. The Morgan fingerprint density at radius 3 is 2.83 bits per heavy atom. The Morgan fingerprint density at radius 2 is 2.28 bits per heavy atom. The number of aryl methyl sites for hydroxylation is 1. The maximum atomic E-state index is 12.3. The summed E-state index contributed by atoms with van der Waals surface area (Å²) in [4.78, 5) is 13.9. The molecule has 0 aliphatic heterocycles. The summed E-state index contributed by atoms with van der Waals surface area (Å²) >= 11 is 0. The van der Waals surface area contributed by atoms with Crippen molar-refractivity contribution in [3.63, 3.8) is 0 Å². The number of amides is 1. The number of phenols is 1. The van der Waals surface area contributed by atoms with Gasteiger partial charge in [0.25, 0.3) is 5.91 Å². The summed E-state index contributed by atoms with van der Waals surface area (Å²) in [5.41, 5.74) is 1.26. The summed E-state index contributed by atoms with van der Waals surface area (Å²) in [5.74, 6) is 2.93. The van der Waals surface area contributed by atoms with Crippen LogP contribution in [0.2, 0.25) is 0 Å². The van der Waals surface area contributed by atoms with Crippen molar-refractivity contribution in [1.82, 2.24) is 4.90 Å². The number of hydrogen-bond donors (Lipinski definition) is 1. The van der Waals surface area contributed by atoms with E-state index in [9.17, 15) is 9.90 Å². The van der Waals surface area contributed by atoms with Crippen LogP contribution in [0.4, 0.5) is 0 Å². The molecule has 0 aromatic heterocycles. The summed E-state index contributed by atoms with van der Waals surface area (Å²) in [7, 11) is 0. The van der Waals surface area contributed by atoms with Crippen molar-refractivity contribution < 1.29 is 9.90 Å². The molecule has 0 spiro atoms. The van der Waals surface area contributed by atoms with Crippen molar-refractivity contribution in [2.24, 2.45) is 5.92 Å². The van der Waals surface area contributed by atoms with E-state index in [1.807, 2.05) is 13.0 Å². The van der Waals surface area contributed by atoms with Crippen LogP contribution < -0.4 is 0 Å². The van der Waals surface area contributed by atoms with E-state index in [2.05, 4.69) is 5.92 Å². The number of phenolic OH excluding ortho intramolecular Hbond substituents is 1. The first kappa shape index (κ1) is 12.5. The topological polar surface area (TPSA) is 40.5 Å². The van der Waals surface area contributed by atoms with E-state index in [4.69, 9.17) is 6.42 Å². The van der Waals surface area contributed by atoms with Gasteiger partial charge in [-0.25, -0.2) is 0 Å². The monoisotopic (exact) mass is 243 g/mol. The van der Waals surface area contributed by atoms with Gasteiger partial charge in [0.2, 0.25) is 0 Å². The van der Waals surface area contributed by atoms with Gasteiger partial charge in [-0.1, -0.05) is 12.0 Å². The van der Waals surface area contributed by atoms with Gasteiger partial charge in [-0.05, 0) is 43.4 Å². The maximum absolute atomic E-state index is 12.3. The third-order valence-corrected chi connectivity index (χ3v) is 3.13. The quantitative estimate of drug-likeness (QED) is 0.823. The Balaban J connectivity index is 2.18. The number of carbonyl (C=O) groups excluding carboxylic acids is 1. The summed E-state index contributed by atoms with van der Waals surface area (Å²) in [6.07, 6.45) is 7.62. The van der Waals surface area contributed by atoms with Crippen LogP contribution in [-0.2, 0) is 0 Å². The number of hydrogen-bond acceptors (Lipinski definition) is 2. The predicted octanol–water partition coefficient (Wildman–Crippen LogP) is 2.19. The molecule has 0 unspecified atom stereocenters. The van der Waals surface area contributed by atoms with Crippen LogP contribution in [0.3, 0.4) is 0 Å². The van der Waals surface area contributed by atoms with Crippen LogP contribution in [0, 0.1) is 25.2 Å². The number of carbonyl (C=O) groups is 1. The van der Waals surface area contributed by atoms with Gasteiger partial charge in [-0.3, -0.25) is 4.79 Å². The van der Waals surface area contributed by atoms with Gasteiger partial charge in [0.05, 0.1) is 12.1 Å². The van der Waals surface area contributed by atoms with Crippen molar-refractivity contribution in [2.45, 2.75) is 19.8 Å². The van der Waals surface area contributed by atoms with Crippen LogP contribution >= 0.6 is 0 Å². The first-order valence-electron chi connectivity index (χ1n) is 6.14. The Bertz CT molecular complexity index is 498. The zero-order valence-electron chi connectivity index (χ0n) is 10.5. The van der Waals surface area contributed by atoms with E-state index in [0.717, 1.165) is 18.4 Å². The molecule has 18 heavy (non-hydrogen) atoms. The van der Waals surface area contributed by atoms with E-state index in [1.165, 1.54) is 0 Å². The zero-order chi connectivity index (χ0) is 13.1. The fourth-order valence-corrected chi connectivity index (χ4v) is 1.93. The first-order chi connectivity index (χ1) is 8.61. The molecule has 0 saturated heterocycles. The lowest BCUT2D eigenvalue weighted by molar-refractivity contribution is 0.0767. The molecule has 0 bridgehead atoms. The highest BCUT2D eigenvalue weighted by molar-refractivity contribution is 5.97. The summed E-state index contributed by atoms with van der Waals surface area (Å²) in [6.45, 7) is 2.86. The molecule has 3 nitrogen and oxygen atoms in total. The number of nitrogens with zero attached hydrogens (tertiary/aromatic N) is 1. The second-order valence-corrected chi connectivity index (χ2v) is 4.85.